The highest BCUT2D eigenvalue weighted by Gasteiger charge is 2.22. The van der Waals surface area contributed by atoms with Crippen molar-refractivity contribution in [2.45, 2.75) is 59.3 Å². The molecule has 0 saturated heterocycles. The molecule has 0 aliphatic carbocycles. The maximum atomic E-state index is 12.1. The summed E-state index contributed by atoms with van der Waals surface area (Å²) in [5, 5.41) is 5.44. The molecule has 0 spiro atoms. The van der Waals surface area contributed by atoms with Gasteiger partial charge in [-0.25, -0.2) is 0 Å². The normalized spacial score (nSPS) is 11.5. The summed E-state index contributed by atoms with van der Waals surface area (Å²) in [6.45, 7) is 7.25. The van der Waals surface area contributed by atoms with Gasteiger partial charge in [-0.15, -0.1) is 0 Å². The molecule has 0 radical (unpaired) electrons. The fraction of sp³-hybridized carbons (Fsp3) is 0.522. The van der Waals surface area contributed by atoms with Gasteiger partial charge in [0.05, 0.1) is 7.11 Å². The van der Waals surface area contributed by atoms with E-state index in [0.29, 0.717) is 13.0 Å². The van der Waals surface area contributed by atoms with E-state index in [1.807, 2.05) is 12.1 Å². The van der Waals surface area contributed by atoms with Crippen LogP contribution >= 0.6 is 0 Å². The van der Waals surface area contributed by atoms with E-state index < -0.39 is 0 Å². The Labute approximate surface area is 158 Å². The number of hydrogen-bond donors (Lipinski definition) is 1. The number of carbonyl (C=O) groups is 1. The summed E-state index contributed by atoms with van der Waals surface area (Å²) in [6.07, 6.45) is 6.02. The van der Waals surface area contributed by atoms with Gasteiger partial charge >= 0.3 is 0 Å². The molecule has 2 aromatic rings. The second-order valence-corrected chi connectivity index (χ2v) is 7.91. The summed E-state index contributed by atoms with van der Waals surface area (Å²) in [7, 11) is 1.73. The van der Waals surface area contributed by atoms with Crippen molar-refractivity contribution in [3.63, 3.8) is 0 Å². The van der Waals surface area contributed by atoms with E-state index in [1.54, 1.807) is 7.11 Å². The SMILES string of the molecule is CCCCCCC(=O)NCC(C)(C)Cc1ccc2ccccc2c1OC. The zero-order valence-corrected chi connectivity index (χ0v) is 16.7. The molecule has 3 nitrogen and oxygen atoms in total. The van der Waals surface area contributed by atoms with Crippen LogP contribution in [-0.4, -0.2) is 19.6 Å². The van der Waals surface area contributed by atoms with Gasteiger partial charge in [-0.05, 0) is 29.2 Å². The third-order valence-corrected chi connectivity index (χ3v) is 4.86. The van der Waals surface area contributed by atoms with Gasteiger partial charge in [-0.2, -0.15) is 0 Å². The standard InChI is InChI=1S/C23H33NO2/c1-5-6-7-8-13-21(25)24-17-23(2,3)16-19-15-14-18-11-9-10-12-20(18)22(19)26-4/h9-12,14-15H,5-8,13,16-17H2,1-4H3,(H,24,25). The molecule has 3 heteroatoms. The first kappa shape index (κ1) is 20.3. The first-order chi connectivity index (χ1) is 12.5. The Kier molecular flexibility index (Phi) is 7.50. The third kappa shape index (κ3) is 5.76. The second-order valence-electron chi connectivity index (χ2n) is 7.91. The van der Waals surface area contributed by atoms with Crippen molar-refractivity contribution in [1.29, 1.82) is 0 Å². The number of fused-ring (bicyclic) bond motifs is 1. The molecule has 142 valence electrons. The molecule has 0 aliphatic rings. The van der Waals surface area contributed by atoms with Crippen molar-refractivity contribution in [2.75, 3.05) is 13.7 Å². The Morgan fingerprint density at radius 2 is 1.85 bits per heavy atom. The molecule has 26 heavy (non-hydrogen) atoms. The molecule has 1 N–H and O–H groups in total. The number of hydrogen-bond acceptors (Lipinski definition) is 2. The van der Waals surface area contributed by atoms with Crippen molar-refractivity contribution in [3.8, 4) is 5.75 Å². The van der Waals surface area contributed by atoms with Crippen LogP contribution in [0.4, 0.5) is 0 Å². The number of amides is 1. The van der Waals surface area contributed by atoms with E-state index in [1.165, 1.54) is 23.8 Å². The largest absolute Gasteiger partial charge is 0.496 e. The quantitative estimate of drug-likeness (QED) is 0.571. The van der Waals surface area contributed by atoms with Crippen molar-refractivity contribution in [1.82, 2.24) is 5.32 Å². The number of ether oxygens (including phenoxy) is 1. The molecule has 0 bridgehead atoms. The van der Waals surface area contributed by atoms with Crippen LogP contribution in [0.1, 0.15) is 58.4 Å². The summed E-state index contributed by atoms with van der Waals surface area (Å²) in [5.41, 5.74) is 1.16. The highest BCUT2D eigenvalue weighted by molar-refractivity contribution is 5.89. The predicted molar refractivity (Wildman–Crippen MR) is 110 cm³/mol. The van der Waals surface area contributed by atoms with Crippen molar-refractivity contribution >= 4 is 16.7 Å². The highest BCUT2D eigenvalue weighted by atomic mass is 16.5. The lowest BCUT2D eigenvalue weighted by Crippen LogP contribution is -2.35. The van der Waals surface area contributed by atoms with E-state index in [4.69, 9.17) is 4.74 Å². The van der Waals surface area contributed by atoms with Crippen LogP contribution in [0.2, 0.25) is 0 Å². The van der Waals surface area contributed by atoms with Crippen LogP contribution in [0.5, 0.6) is 5.75 Å². The number of benzene rings is 2. The van der Waals surface area contributed by atoms with Gasteiger partial charge in [0.25, 0.3) is 0 Å². The lowest BCUT2D eigenvalue weighted by molar-refractivity contribution is -0.121. The fourth-order valence-corrected chi connectivity index (χ4v) is 3.39. The minimum absolute atomic E-state index is 0.0329. The summed E-state index contributed by atoms with van der Waals surface area (Å²) < 4.78 is 5.72. The van der Waals surface area contributed by atoms with Crippen LogP contribution in [0.15, 0.2) is 36.4 Å². The van der Waals surface area contributed by atoms with E-state index in [9.17, 15) is 4.79 Å². The summed E-state index contributed by atoms with van der Waals surface area (Å²) in [6, 6.07) is 12.6. The lowest BCUT2D eigenvalue weighted by Gasteiger charge is -2.26. The fourth-order valence-electron chi connectivity index (χ4n) is 3.39. The molecule has 0 aliphatic heterocycles. The van der Waals surface area contributed by atoms with Crippen molar-refractivity contribution in [3.05, 3.63) is 42.0 Å². The highest BCUT2D eigenvalue weighted by Crippen LogP contribution is 2.33. The Hall–Kier alpha value is -2.03. The number of rotatable bonds is 10. The Bertz CT molecular complexity index is 721. The van der Waals surface area contributed by atoms with Crippen LogP contribution in [0.25, 0.3) is 10.8 Å². The van der Waals surface area contributed by atoms with E-state index in [2.05, 4.69) is 50.4 Å². The number of carbonyl (C=O) groups excluding carboxylic acids is 1. The van der Waals surface area contributed by atoms with Gasteiger partial charge in [-0.3, -0.25) is 4.79 Å². The van der Waals surface area contributed by atoms with Crippen LogP contribution < -0.4 is 10.1 Å². The number of nitrogens with one attached hydrogen (secondary N) is 1. The van der Waals surface area contributed by atoms with Gasteiger partial charge in [0.15, 0.2) is 0 Å². The zero-order chi connectivity index (χ0) is 19.0. The van der Waals surface area contributed by atoms with Crippen LogP contribution in [-0.2, 0) is 11.2 Å². The maximum absolute atomic E-state index is 12.1. The number of unbranched alkanes of at least 4 members (excludes halogenated alkanes) is 3. The molecule has 0 aromatic heterocycles. The third-order valence-electron chi connectivity index (χ3n) is 4.86. The van der Waals surface area contributed by atoms with Gasteiger partial charge in [0.2, 0.25) is 5.91 Å². The average molecular weight is 356 g/mol. The molecule has 2 rings (SSSR count). The molecule has 0 fully saturated rings. The monoisotopic (exact) mass is 355 g/mol. The summed E-state index contributed by atoms with van der Waals surface area (Å²) in [4.78, 5) is 12.1. The maximum Gasteiger partial charge on any atom is 0.220 e. The summed E-state index contributed by atoms with van der Waals surface area (Å²) >= 11 is 0. The Balaban J connectivity index is 1.98. The lowest BCUT2D eigenvalue weighted by atomic mass is 9.84. The summed E-state index contributed by atoms with van der Waals surface area (Å²) in [5.74, 6) is 1.11. The molecular formula is C23H33NO2. The Morgan fingerprint density at radius 3 is 2.58 bits per heavy atom. The van der Waals surface area contributed by atoms with Crippen molar-refractivity contribution < 1.29 is 9.53 Å². The number of methoxy groups -OCH3 is 1. The van der Waals surface area contributed by atoms with Gasteiger partial charge in [0.1, 0.15) is 5.75 Å². The minimum atomic E-state index is -0.0329. The van der Waals surface area contributed by atoms with E-state index in [0.717, 1.165) is 30.4 Å². The van der Waals surface area contributed by atoms with E-state index in [-0.39, 0.29) is 11.3 Å². The molecule has 1 amide bonds. The van der Waals surface area contributed by atoms with Crippen molar-refractivity contribution in [2.24, 2.45) is 5.41 Å². The van der Waals surface area contributed by atoms with E-state index >= 15 is 0 Å². The molecule has 0 heterocycles. The first-order valence-electron chi connectivity index (χ1n) is 9.78. The van der Waals surface area contributed by atoms with Gasteiger partial charge in [0, 0.05) is 18.4 Å². The topological polar surface area (TPSA) is 38.3 Å². The minimum Gasteiger partial charge on any atom is -0.496 e. The molecule has 0 unspecified atom stereocenters. The predicted octanol–water partition coefficient (Wildman–Crippen LogP) is 5.50. The Morgan fingerprint density at radius 1 is 1.08 bits per heavy atom. The average Bonchev–Trinajstić information content (AvgIpc) is 2.63. The second kappa shape index (κ2) is 9.61. The molecule has 2 aromatic carbocycles. The smallest absolute Gasteiger partial charge is 0.220 e. The molecular weight excluding hydrogens is 322 g/mol. The zero-order valence-electron chi connectivity index (χ0n) is 16.7. The first-order valence-corrected chi connectivity index (χ1v) is 9.78. The molecule has 0 saturated carbocycles. The van der Waals surface area contributed by atoms with Gasteiger partial charge in [-0.1, -0.05) is 76.4 Å². The van der Waals surface area contributed by atoms with Crippen LogP contribution in [0.3, 0.4) is 0 Å². The molecule has 0 atom stereocenters. The van der Waals surface area contributed by atoms with Gasteiger partial charge < -0.3 is 10.1 Å². The van der Waals surface area contributed by atoms with Crippen LogP contribution in [0, 0.1) is 5.41 Å².